The molecule has 1 heteroatoms. The van der Waals surface area contributed by atoms with Crippen LogP contribution in [-0.4, -0.2) is 12.6 Å². The Balaban J connectivity index is 1.69. The molecular formula is C16H31N. The summed E-state index contributed by atoms with van der Waals surface area (Å²) in [6.45, 7) is 5.89. The number of hydrogen-bond acceptors (Lipinski definition) is 1. The van der Waals surface area contributed by atoms with Gasteiger partial charge in [0.25, 0.3) is 0 Å². The first-order valence-corrected chi connectivity index (χ1v) is 8.00. The van der Waals surface area contributed by atoms with Gasteiger partial charge in [-0.05, 0) is 56.9 Å². The monoisotopic (exact) mass is 237 g/mol. The van der Waals surface area contributed by atoms with Gasteiger partial charge in [0.15, 0.2) is 0 Å². The lowest BCUT2D eigenvalue weighted by molar-refractivity contribution is 0.265. The van der Waals surface area contributed by atoms with Crippen LogP contribution < -0.4 is 5.32 Å². The molecule has 0 aromatic heterocycles. The van der Waals surface area contributed by atoms with E-state index in [-0.39, 0.29) is 0 Å². The highest BCUT2D eigenvalue weighted by molar-refractivity contribution is 5.00. The molecule has 0 aliphatic heterocycles. The first-order chi connectivity index (χ1) is 8.27. The van der Waals surface area contributed by atoms with E-state index in [2.05, 4.69) is 19.2 Å². The average molecular weight is 237 g/mol. The maximum atomic E-state index is 3.72. The Bertz CT molecular complexity index is 214. The third kappa shape index (κ3) is 3.71. The van der Waals surface area contributed by atoms with E-state index >= 15 is 0 Å². The van der Waals surface area contributed by atoms with E-state index in [4.69, 9.17) is 0 Å². The maximum Gasteiger partial charge on any atom is 0.00951 e. The van der Waals surface area contributed by atoms with Crippen LogP contribution in [0.1, 0.15) is 78.1 Å². The summed E-state index contributed by atoms with van der Waals surface area (Å²) in [6, 6.07) is 0.756. The van der Waals surface area contributed by atoms with Crippen LogP contribution in [0, 0.1) is 11.3 Å². The van der Waals surface area contributed by atoms with E-state index in [1.807, 2.05) is 0 Å². The minimum absolute atomic E-state index is 0.701. The summed E-state index contributed by atoms with van der Waals surface area (Å²) < 4.78 is 0. The van der Waals surface area contributed by atoms with E-state index < -0.39 is 0 Å². The van der Waals surface area contributed by atoms with Gasteiger partial charge in [-0.3, -0.25) is 0 Å². The second-order valence-corrected chi connectivity index (χ2v) is 6.58. The Kier molecular flexibility index (Phi) is 4.90. The Morgan fingerprint density at radius 1 is 1.18 bits per heavy atom. The molecule has 1 atom stereocenters. The molecule has 0 radical (unpaired) electrons. The fourth-order valence-electron chi connectivity index (χ4n) is 3.60. The van der Waals surface area contributed by atoms with Crippen LogP contribution in [0.25, 0.3) is 0 Å². The van der Waals surface area contributed by atoms with E-state index in [0.29, 0.717) is 5.41 Å². The summed E-state index contributed by atoms with van der Waals surface area (Å²) >= 11 is 0. The van der Waals surface area contributed by atoms with E-state index in [9.17, 15) is 0 Å². The quantitative estimate of drug-likeness (QED) is 0.686. The first-order valence-electron chi connectivity index (χ1n) is 8.00. The molecule has 0 aromatic rings. The summed E-state index contributed by atoms with van der Waals surface area (Å²) in [6.07, 6.45) is 14.8. The number of nitrogens with one attached hydrogen (secondary N) is 1. The van der Waals surface area contributed by atoms with Crippen LogP contribution in [0.5, 0.6) is 0 Å². The summed E-state index contributed by atoms with van der Waals surface area (Å²) in [5, 5.41) is 3.72. The second kappa shape index (κ2) is 6.22. The van der Waals surface area contributed by atoms with Crippen molar-refractivity contribution in [1.82, 2.24) is 5.32 Å². The standard InChI is InChI=1S/C16H31N/c1-3-13-17-14(2)16(11-12-16)10-9-15-7-5-4-6-8-15/h14-15,17H,3-13H2,1-2H3. The molecule has 0 heterocycles. The molecule has 1 nitrogen and oxygen atoms in total. The molecule has 0 spiro atoms. The average Bonchev–Trinajstić information content (AvgIpc) is 3.16. The van der Waals surface area contributed by atoms with Crippen molar-refractivity contribution in [3.05, 3.63) is 0 Å². The van der Waals surface area contributed by atoms with Crippen molar-refractivity contribution in [2.75, 3.05) is 6.54 Å². The van der Waals surface area contributed by atoms with Crippen molar-refractivity contribution in [2.45, 2.75) is 84.1 Å². The Morgan fingerprint density at radius 3 is 2.47 bits per heavy atom. The number of rotatable bonds is 7. The van der Waals surface area contributed by atoms with Gasteiger partial charge in [-0.15, -0.1) is 0 Å². The topological polar surface area (TPSA) is 12.0 Å². The van der Waals surface area contributed by atoms with Gasteiger partial charge in [0.1, 0.15) is 0 Å². The van der Waals surface area contributed by atoms with Crippen molar-refractivity contribution in [1.29, 1.82) is 0 Å². The Hall–Kier alpha value is -0.0400. The highest BCUT2D eigenvalue weighted by atomic mass is 14.9. The molecule has 2 aliphatic rings. The van der Waals surface area contributed by atoms with Crippen LogP contribution in [0.3, 0.4) is 0 Å². The second-order valence-electron chi connectivity index (χ2n) is 6.58. The third-order valence-electron chi connectivity index (χ3n) is 5.29. The molecule has 17 heavy (non-hydrogen) atoms. The lowest BCUT2D eigenvalue weighted by atomic mass is 9.81. The lowest BCUT2D eigenvalue weighted by Crippen LogP contribution is -2.35. The van der Waals surface area contributed by atoms with Gasteiger partial charge in [0.05, 0.1) is 0 Å². The molecule has 100 valence electrons. The maximum absolute atomic E-state index is 3.72. The molecule has 2 aliphatic carbocycles. The summed E-state index contributed by atoms with van der Waals surface area (Å²) in [5.74, 6) is 1.07. The highest BCUT2D eigenvalue weighted by Crippen LogP contribution is 2.53. The van der Waals surface area contributed by atoms with Gasteiger partial charge in [-0.2, -0.15) is 0 Å². The highest BCUT2D eigenvalue weighted by Gasteiger charge is 2.46. The fraction of sp³-hybridized carbons (Fsp3) is 1.00. The van der Waals surface area contributed by atoms with Gasteiger partial charge in [0, 0.05) is 6.04 Å². The van der Waals surface area contributed by atoms with Crippen molar-refractivity contribution in [3.8, 4) is 0 Å². The summed E-state index contributed by atoms with van der Waals surface area (Å²) in [4.78, 5) is 0. The van der Waals surface area contributed by atoms with E-state index in [1.54, 1.807) is 0 Å². The zero-order valence-corrected chi connectivity index (χ0v) is 11.9. The van der Waals surface area contributed by atoms with E-state index in [0.717, 1.165) is 12.0 Å². The predicted octanol–water partition coefficient (Wildman–Crippen LogP) is 4.52. The zero-order chi connectivity index (χ0) is 12.1. The zero-order valence-electron chi connectivity index (χ0n) is 11.9. The van der Waals surface area contributed by atoms with Gasteiger partial charge < -0.3 is 5.32 Å². The van der Waals surface area contributed by atoms with Crippen molar-refractivity contribution < 1.29 is 0 Å². The van der Waals surface area contributed by atoms with Gasteiger partial charge >= 0.3 is 0 Å². The van der Waals surface area contributed by atoms with Gasteiger partial charge in [-0.25, -0.2) is 0 Å². The van der Waals surface area contributed by atoms with Crippen LogP contribution in [0.4, 0.5) is 0 Å². The lowest BCUT2D eigenvalue weighted by Gasteiger charge is -2.28. The van der Waals surface area contributed by atoms with Crippen LogP contribution in [0.2, 0.25) is 0 Å². The SMILES string of the molecule is CCCNC(C)C1(CCC2CCCCC2)CC1. The Labute approximate surface area is 108 Å². The van der Waals surface area contributed by atoms with Crippen LogP contribution in [-0.2, 0) is 0 Å². The molecule has 2 saturated carbocycles. The van der Waals surface area contributed by atoms with Crippen molar-refractivity contribution in [3.63, 3.8) is 0 Å². The molecule has 0 bridgehead atoms. The normalized spacial score (nSPS) is 25.8. The molecule has 0 amide bonds. The van der Waals surface area contributed by atoms with Gasteiger partial charge in [-0.1, -0.05) is 39.0 Å². The minimum atomic E-state index is 0.701. The van der Waals surface area contributed by atoms with E-state index in [1.165, 1.54) is 70.8 Å². The van der Waals surface area contributed by atoms with Crippen molar-refractivity contribution in [2.24, 2.45) is 11.3 Å². The smallest absolute Gasteiger partial charge is 0.00951 e. The van der Waals surface area contributed by atoms with Crippen LogP contribution in [0.15, 0.2) is 0 Å². The van der Waals surface area contributed by atoms with Gasteiger partial charge in [0.2, 0.25) is 0 Å². The minimum Gasteiger partial charge on any atom is -0.314 e. The molecule has 2 fully saturated rings. The number of hydrogen-bond donors (Lipinski definition) is 1. The summed E-state index contributed by atoms with van der Waals surface area (Å²) in [5.41, 5.74) is 0.701. The largest absolute Gasteiger partial charge is 0.314 e. The predicted molar refractivity (Wildman–Crippen MR) is 75.2 cm³/mol. The van der Waals surface area contributed by atoms with Crippen molar-refractivity contribution >= 4 is 0 Å². The Morgan fingerprint density at radius 2 is 1.88 bits per heavy atom. The fourth-order valence-corrected chi connectivity index (χ4v) is 3.60. The third-order valence-corrected chi connectivity index (χ3v) is 5.29. The summed E-state index contributed by atoms with van der Waals surface area (Å²) in [7, 11) is 0. The first kappa shape index (κ1) is 13.4. The molecule has 0 saturated heterocycles. The molecule has 2 rings (SSSR count). The van der Waals surface area contributed by atoms with Crippen LogP contribution >= 0.6 is 0 Å². The molecule has 1 unspecified atom stereocenters. The molecular weight excluding hydrogens is 206 g/mol. The molecule has 0 aromatic carbocycles. The molecule has 1 N–H and O–H groups in total.